The molecule has 12 heavy (non-hydrogen) atoms. The SMILES string of the molecule is CC(C)(C#N)Cc1sccc1Br. The molecule has 0 spiro atoms. The molecule has 64 valence electrons. The van der Waals surface area contributed by atoms with E-state index in [1.807, 2.05) is 25.3 Å². The Morgan fingerprint density at radius 1 is 1.67 bits per heavy atom. The maximum atomic E-state index is 8.82. The molecular weight excluding hydrogens is 234 g/mol. The van der Waals surface area contributed by atoms with E-state index in [1.165, 1.54) is 4.88 Å². The predicted octanol–water partition coefficient (Wildman–Crippen LogP) is 3.60. The maximum absolute atomic E-state index is 8.82. The van der Waals surface area contributed by atoms with Gasteiger partial charge in [0.1, 0.15) is 0 Å². The number of thiophene rings is 1. The molecule has 0 fully saturated rings. The zero-order valence-corrected chi connectivity index (χ0v) is 9.50. The smallest absolute Gasteiger partial charge is 0.0687 e. The van der Waals surface area contributed by atoms with Crippen LogP contribution in [0.25, 0.3) is 0 Å². The molecule has 1 heterocycles. The van der Waals surface area contributed by atoms with Crippen LogP contribution in [0.15, 0.2) is 15.9 Å². The molecule has 0 aromatic carbocycles. The van der Waals surface area contributed by atoms with Crippen LogP contribution in [0, 0.1) is 16.7 Å². The first kappa shape index (κ1) is 9.76. The molecule has 0 N–H and O–H groups in total. The van der Waals surface area contributed by atoms with Gasteiger partial charge in [-0.2, -0.15) is 5.26 Å². The van der Waals surface area contributed by atoms with Crippen molar-refractivity contribution in [3.63, 3.8) is 0 Å². The lowest BCUT2D eigenvalue weighted by Gasteiger charge is -2.13. The van der Waals surface area contributed by atoms with Gasteiger partial charge < -0.3 is 0 Å². The summed E-state index contributed by atoms with van der Waals surface area (Å²) >= 11 is 5.14. The van der Waals surface area contributed by atoms with Crippen molar-refractivity contribution in [2.45, 2.75) is 20.3 Å². The summed E-state index contributed by atoms with van der Waals surface area (Å²) < 4.78 is 1.12. The standard InChI is InChI=1S/C9H10BrNS/c1-9(2,6-11)5-8-7(10)3-4-12-8/h3-4H,5H2,1-2H3. The Kier molecular flexibility index (Phi) is 2.92. The van der Waals surface area contributed by atoms with Crippen LogP contribution in [0.4, 0.5) is 0 Å². The summed E-state index contributed by atoms with van der Waals surface area (Å²) in [6.45, 7) is 3.92. The highest BCUT2D eigenvalue weighted by molar-refractivity contribution is 9.10. The van der Waals surface area contributed by atoms with Crippen molar-refractivity contribution in [1.29, 1.82) is 5.26 Å². The molecule has 0 radical (unpaired) electrons. The Labute approximate surface area is 85.2 Å². The van der Waals surface area contributed by atoms with E-state index >= 15 is 0 Å². The maximum Gasteiger partial charge on any atom is 0.0687 e. The van der Waals surface area contributed by atoms with Crippen molar-refractivity contribution in [3.8, 4) is 6.07 Å². The minimum Gasteiger partial charge on any atom is -0.198 e. The molecule has 1 rings (SSSR count). The molecule has 0 atom stereocenters. The van der Waals surface area contributed by atoms with E-state index in [4.69, 9.17) is 5.26 Å². The molecule has 0 saturated carbocycles. The van der Waals surface area contributed by atoms with Gasteiger partial charge >= 0.3 is 0 Å². The number of hydrogen-bond donors (Lipinski definition) is 0. The summed E-state index contributed by atoms with van der Waals surface area (Å²) in [5.74, 6) is 0. The Bertz CT molecular complexity index is 309. The highest BCUT2D eigenvalue weighted by atomic mass is 79.9. The van der Waals surface area contributed by atoms with Crippen molar-refractivity contribution in [3.05, 3.63) is 20.8 Å². The van der Waals surface area contributed by atoms with E-state index in [0.29, 0.717) is 0 Å². The Morgan fingerprint density at radius 3 is 2.75 bits per heavy atom. The van der Waals surface area contributed by atoms with Gasteiger partial charge in [-0.3, -0.25) is 0 Å². The number of nitrogens with zero attached hydrogens (tertiary/aromatic N) is 1. The average molecular weight is 244 g/mol. The average Bonchev–Trinajstić information content (AvgIpc) is 2.36. The molecule has 0 unspecified atom stereocenters. The van der Waals surface area contributed by atoms with Crippen LogP contribution < -0.4 is 0 Å². The fraction of sp³-hybridized carbons (Fsp3) is 0.444. The first-order chi connectivity index (χ1) is 5.55. The van der Waals surface area contributed by atoms with Crippen molar-refractivity contribution in [2.75, 3.05) is 0 Å². The Hall–Kier alpha value is -0.330. The fourth-order valence-corrected chi connectivity index (χ4v) is 2.61. The number of hydrogen-bond acceptors (Lipinski definition) is 2. The lowest BCUT2D eigenvalue weighted by atomic mass is 9.91. The molecule has 0 saturated heterocycles. The van der Waals surface area contributed by atoms with Crippen LogP contribution in [-0.2, 0) is 6.42 Å². The molecule has 1 nitrogen and oxygen atoms in total. The zero-order valence-electron chi connectivity index (χ0n) is 7.10. The lowest BCUT2D eigenvalue weighted by Crippen LogP contribution is -2.10. The van der Waals surface area contributed by atoms with Crippen molar-refractivity contribution < 1.29 is 0 Å². The highest BCUT2D eigenvalue weighted by Crippen LogP contribution is 2.29. The summed E-state index contributed by atoms with van der Waals surface area (Å²) in [7, 11) is 0. The summed E-state index contributed by atoms with van der Waals surface area (Å²) in [6.07, 6.45) is 0.821. The van der Waals surface area contributed by atoms with Gasteiger partial charge in [0.15, 0.2) is 0 Å². The van der Waals surface area contributed by atoms with Gasteiger partial charge in [-0.05, 0) is 41.2 Å². The third-order valence-electron chi connectivity index (χ3n) is 1.60. The van der Waals surface area contributed by atoms with Crippen LogP contribution in [0.2, 0.25) is 0 Å². The van der Waals surface area contributed by atoms with Gasteiger partial charge in [-0.15, -0.1) is 11.3 Å². The Morgan fingerprint density at radius 2 is 2.33 bits per heavy atom. The lowest BCUT2D eigenvalue weighted by molar-refractivity contribution is 0.497. The topological polar surface area (TPSA) is 23.8 Å². The number of nitriles is 1. The molecule has 0 aliphatic heterocycles. The molecule has 0 aliphatic carbocycles. The minimum absolute atomic E-state index is 0.257. The summed E-state index contributed by atoms with van der Waals surface area (Å²) in [5, 5.41) is 10.9. The quantitative estimate of drug-likeness (QED) is 0.779. The van der Waals surface area contributed by atoms with Gasteiger partial charge in [0.05, 0.1) is 11.5 Å². The van der Waals surface area contributed by atoms with Crippen LogP contribution in [0.1, 0.15) is 18.7 Å². The minimum atomic E-state index is -0.257. The van der Waals surface area contributed by atoms with Gasteiger partial charge in [0.25, 0.3) is 0 Å². The Balaban J connectivity index is 2.78. The van der Waals surface area contributed by atoms with E-state index < -0.39 is 0 Å². The van der Waals surface area contributed by atoms with E-state index in [2.05, 4.69) is 22.0 Å². The van der Waals surface area contributed by atoms with Crippen LogP contribution in [0.3, 0.4) is 0 Å². The molecule has 0 aliphatic rings. The number of halogens is 1. The molecular formula is C9H10BrNS. The van der Waals surface area contributed by atoms with Crippen molar-refractivity contribution in [2.24, 2.45) is 5.41 Å². The molecule has 3 heteroatoms. The second kappa shape index (κ2) is 3.59. The second-order valence-electron chi connectivity index (χ2n) is 3.36. The highest BCUT2D eigenvalue weighted by Gasteiger charge is 2.19. The van der Waals surface area contributed by atoms with E-state index in [0.717, 1.165) is 10.9 Å². The van der Waals surface area contributed by atoms with E-state index in [9.17, 15) is 0 Å². The summed E-state index contributed by atoms with van der Waals surface area (Å²) in [5.41, 5.74) is -0.257. The fourth-order valence-electron chi connectivity index (χ4n) is 0.892. The van der Waals surface area contributed by atoms with Gasteiger partial charge in [0, 0.05) is 15.8 Å². The number of rotatable bonds is 2. The third kappa shape index (κ3) is 2.33. The van der Waals surface area contributed by atoms with Crippen LogP contribution in [-0.4, -0.2) is 0 Å². The summed E-state index contributed by atoms with van der Waals surface area (Å²) in [4.78, 5) is 1.25. The first-order valence-corrected chi connectivity index (χ1v) is 5.35. The van der Waals surface area contributed by atoms with Crippen molar-refractivity contribution >= 4 is 27.3 Å². The van der Waals surface area contributed by atoms with Crippen molar-refractivity contribution in [1.82, 2.24) is 0 Å². The first-order valence-electron chi connectivity index (χ1n) is 3.68. The second-order valence-corrected chi connectivity index (χ2v) is 5.22. The monoisotopic (exact) mass is 243 g/mol. The zero-order chi connectivity index (χ0) is 9.19. The normalized spacial score (nSPS) is 11.2. The molecule has 0 amide bonds. The van der Waals surface area contributed by atoms with Crippen LogP contribution >= 0.6 is 27.3 Å². The van der Waals surface area contributed by atoms with E-state index in [1.54, 1.807) is 11.3 Å². The van der Waals surface area contributed by atoms with Crippen LogP contribution in [0.5, 0.6) is 0 Å². The largest absolute Gasteiger partial charge is 0.198 e. The third-order valence-corrected chi connectivity index (χ3v) is 3.52. The summed E-state index contributed by atoms with van der Waals surface area (Å²) in [6, 6.07) is 4.31. The molecule has 1 aromatic heterocycles. The molecule has 1 aromatic rings. The van der Waals surface area contributed by atoms with Gasteiger partial charge in [-0.25, -0.2) is 0 Å². The van der Waals surface area contributed by atoms with Gasteiger partial charge in [0.2, 0.25) is 0 Å². The molecule has 0 bridgehead atoms. The predicted molar refractivity (Wildman–Crippen MR) is 55.1 cm³/mol. The van der Waals surface area contributed by atoms with E-state index in [-0.39, 0.29) is 5.41 Å². The van der Waals surface area contributed by atoms with Gasteiger partial charge in [-0.1, -0.05) is 0 Å².